The lowest BCUT2D eigenvalue weighted by Crippen LogP contribution is -2.09. The van der Waals surface area contributed by atoms with Gasteiger partial charge in [0.2, 0.25) is 0 Å². The first kappa shape index (κ1) is 18.8. The predicted octanol–water partition coefficient (Wildman–Crippen LogP) is 5.08. The van der Waals surface area contributed by atoms with Crippen LogP contribution in [0.2, 0.25) is 0 Å². The number of rotatable bonds is 13. The number of ether oxygens (including phenoxy) is 2. The fraction of sp³-hybridized carbons (Fsp3) is 0.824. The SMILES string of the molecule is C#CCCOC(=O)OCCCCCCCCCCCC. The van der Waals surface area contributed by atoms with Crippen LogP contribution in [0.15, 0.2) is 0 Å². The number of unbranched alkanes of at least 4 members (excludes halogenated alkanes) is 9. The highest BCUT2D eigenvalue weighted by atomic mass is 16.7. The standard InChI is InChI=1S/C17H30O3/c1-3-5-7-8-9-10-11-12-13-14-16-20-17(18)19-15-6-4-2/h2H,3,5-16H2,1H3. The molecule has 0 aliphatic rings. The molecule has 0 amide bonds. The Morgan fingerprint density at radius 3 is 1.90 bits per heavy atom. The Balaban J connectivity index is 3.09. The highest BCUT2D eigenvalue weighted by molar-refractivity contribution is 5.59. The number of carbonyl (C=O) groups excluding carboxylic acids is 1. The van der Waals surface area contributed by atoms with Crippen LogP contribution in [0.5, 0.6) is 0 Å². The molecule has 0 rings (SSSR count). The monoisotopic (exact) mass is 282 g/mol. The summed E-state index contributed by atoms with van der Waals surface area (Å²) in [6.45, 7) is 2.94. The summed E-state index contributed by atoms with van der Waals surface area (Å²) in [6, 6.07) is 0. The third-order valence-electron chi connectivity index (χ3n) is 3.18. The van der Waals surface area contributed by atoms with E-state index in [2.05, 4.69) is 12.8 Å². The van der Waals surface area contributed by atoms with Gasteiger partial charge in [0.25, 0.3) is 0 Å². The minimum absolute atomic E-state index is 0.243. The Hall–Kier alpha value is -1.17. The Kier molecular flexibility index (Phi) is 15.0. The van der Waals surface area contributed by atoms with Crippen molar-refractivity contribution in [3.8, 4) is 12.3 Å². The van der Waals surface area contributed by atoms with Crippen molar-refractivity contribution in [1.29, 1.82) is 0 Å². The van der Waals surface area contributed by atoms with Gasteiger partial charge in [-0.25, -0.2) is 4.79 Å². The van der Waals surface area contributed by atoms with Crippen LogP contribution in [0, 0.1) is 12.3 Å². The van der Waals surface area contributed by atoms with E-state index in [0.717, 1.165) is 12.8 Å². The molecule has 3 nitrogen and oxygen atoms in total. The van der Waals surface area contributed by atoms with Crippen molar-refractivity contribution in [3.05, 3.63) is 0 Å². The number of hydrogen-bond donors (Lipinski definition) is 0. The molecule has 0 radical (unpaired) electrons. The van der Waals surface area contributed by atoms with Crippen molar-refractivity contribution in [3.63, 3.8) is 0 Å². The van der Waals surface area contributed by atoms with E-state index < -0.39 is 6.16 Å². The topological polar surface area (TPSA) is 35.5 Å². The van der Waals surface area contributed by atoms with Crippen LogP contribution in [0.1, 0.15) is 77.6 Å². The molecule has 0 unspecified atom stereocenters. The third kappa shape index (κ3) is 14.9. The molecule has 0 aromatic carbocycles. The van der Waals surface area contributed by atoms with Gasteiger partial charge in [0.1, 0.15) is 6.61 Å². The van der Waals surface area contributed by atoms with Crippen molar-refractivity contribution in [2.75, 3.05) is 13.2 Å². The van der Waals surface area contributed by atoms with E-state index in [-0.39, 0.29) is 6.61 Å². The van der Waals surface area contributed by atoms with E-state index in [4.69, 9.17) is 15.9 Å². The van der Waals surface area contributed by atoms with Crippen LogP contribution < -0.4 is 0 Å². The quantitative estimate of drug-likeness (QED) is 0.268. The lowest BCUT2D eigenvalue weighted by atomic mass is 10.1. The van der Waals surface area contributed by atoms with E-state index in [1.165, 1.54) is 51.4 Å². The van der Waals surface area contributed by atoms with Gasteiger partial charge >= 0.3 is 6.16 Å². The first-order valence-electron chi connectivity index (χ1n) is 8.04. The zero-order valence-electron chi connectivity index (χ0n) is 13.0. The summed E-state index contributed by atoms with van der Waals surface area (Å²) in [6.07, 6.45) is 17.6. The minimum Gasteiger partial charge on any atom is -0.434 e. The van der Waals surface area contributed by atoms with Gasteiger partial charge < -0.3 is 9.47 Å². The van der Waals surface area contributed by atoms with Crippen molar-refractivity contribution in [2.45, 2.75) is 77.6 Å². The molecule has 116 valence electrons. The Morgan fingerprint density at radius 2 is 1.35 bits per heavy atom. The summed E-state index contributed by atoms with van der Waals surface area (Å²) in [5.41, 5.74) is 0. The molecule has 0 aromatic heterocycles. The van der Waals surface area contributed by atoms with Crippen LogP contribution in [-0.4, -0.2) is 19.4 Å². The highest BCUT2D eigenvalue weighted by Crippen LogP contribution is 2.10. The molecule has 0 aromatic rings. The van der Waals surface area contributed by atoms with Crippen molar-refractivity contribution >= 4 is 6.16 Å². The molecule has 3 heteroatoms. The third-order valence-corrected chi connectivity index (χ3v) is 3.18. The second kappa shape index (κ2) is 15.9. The van der Waals surface area contributed by atoms with Crippen molar-refractivity contribution < 1.29 is 14.3 Å². The van der Waals surface area contributed by atoms with Crippen LogP contribution in [0.3, 0.4) is 0 Å². The molecule has 0 atom stereocenters. The van der Waals surface area contributed by atoms with Crippen molar-refractivity contribution in [2.24, 2.45) is 0 Å². The Bertz CT molecular complexity index is 255. The fourth-order valence-electron chi connectivity index (χ4n) is 1.98. The maximum atomic E-state index is 11.1. The molecule has 0 fully saturated rings. The van der Waals surface area contributed by atoms with Gasteiger partial charge in [-0.2, -0.15) is 0 Å². The second-order valence-corrected chi connectivity index (χ2v) is 5.08. The molecule has 20 heavy (non-hydrogen) atoms. The van der Waals surface area contributed by atoms with E-state index >= 15 is 0 Å². The molecule has 0 spiro atoms. The molecule has 0 saturated heterocycles. The number of terminal acetylenes is 1. The first-order chi connectivity index (χ1) is 9.81. The fourth-order valence-corrected chi connectivity index (χ4v) is 1.98. The summed E-state index contributed by atoms with van der Waals surface area (Å²) in [4.78, 5) is 11.1. The molecule has 0 saturated carbocycles. The smallest absolute Gasteiger partial charge is 0.434 e. The van der Waals surface area contributed by atoms with Gasteiger partial charge in [0.15, 0.2) is 0 Å². The lowest BCUT2D eigenvalue weighted by Gasteiger charge is -2.05. The van der Waals surface area contributed by atoms with Gasteiger partial charge in [-0.15, -0.1) is 12.3 Å². The van der Waals surface area contributed by atoms with Gasteiger partial charge in [0.05, 0.1) is 6.61 Å². The number of carbonyl (C=O) groups is 1. The van der Waals surface area contributed by atoms with Gasteiger partial charge in [0, 0.05) is 6.42 Å². The molecule has 0 bridgehead atoms. The zero-order valence-corrected chi connectivity index (χ0v) is 13.0. The molecular weight excluding hydrogens is 252 g/mol. The highest BCUT2D eigenvalue weighted by Gasteiger charge is 2.02. The van der Waals surface area contributed by atoms with E-state index in [0.29, 0.717) is 13.0 Å². The summed E-state index contributed by atoms with van der Waals surface area (Å²) < 4.78 is 9.70. The van der Waals surface area contributed by atoms with Crippen LogP contribution in [0.25, 0.3) is 0 Å². The normalized spacial score (nSPS) is 10.0. The maximum absolute atomic E-state index is 11.1. The Morgan fingerprint density at radius 1 is 0.850 bits per heavy atom. The largest absolute Gasteiger partial charge is 0.508 e. The Labute approximate surface area is 124 Å². The summed E-state index contributed by atoms with van der Waals surface area (Å²) in [5, 5.41) is 0. The van der Waals surface area contributed by atoms with Gasteiger partial charge in [-0.1, -0.05) is 64.7 Å². The minimum atomic E-state index is -0.601. The van der Waals surface area contributed by atoms with Crippen LogP contribution >= 0.6 is 0 Å². The maximum Gasteiger partial charge on any atom is 0.508 e. The van der Waals surface area contributed by atoms with Gasteiger partial charge in [-0.3, -0.25) is 0 Å². The number of hydrogen-bond acceptors (Lipinski definition) is 3. The van der Waals surface area contributed by atoms with E-state index in [9.17, 15) is 4.79 Å². The molecule has 0 heterocycles. The zero-order chi connectivity index (χ0) is 14.9. The van der Waals surface area contributed by atoms with Gasteiger partial charge in [-0.05, 0) is 6.42 Å². The lowest BCUT2D eigenvalue weighted by molar-refractivity contribution is 0.0556. The average Bonchev–Trinajstić information content (AvgIpc) is 2.45. The first-order valence-corrected chi connectivity index (χ1v) is 8.04. The summed E-state index contributed by atoms with van der Waals surface area (Å²) in [5.74, 6) is 2.40. The predicted molar refractivity (Wildman–Crippen MR) is 82.6 cm³/mol. The van der Waals surface area contributed by atoms with Crippen LogP contribution in [-0.2, 0) is 9.47 Å². The molecular formula is C17H30O3. The van der Waals surface area contributed by atoms with E-state index in [1.54, 1.807) is 0 Å². The van der Waals surface area contributed by atoms with Crippen molar-refractivity contribution in [1.82, 2.24) is 0 Å². The summed E-state index contributed by atoms with van der Waals surface area (Å²) in [7, 11) is 0. The molecule has 0 aliphatic heterocycles. The second-order valence-electron chi connectivity index (χ2n) is 5.08. The average molecular weight is 282 g/mol. The van der Waals surface area contributed by atoms with E-state index in [1.807, 2.05) is 0 Å². The molecule has 0 N–H and O–H groups in total. The summed E-state index contributed by atoms with van der Waals surface area (Å²) >= 11 is 0. The molecule has 0 aliphatic carbocycles. The van der Waals surface area contributed by atoms with Crippen LogP contribution in [0.4, 0.5) is 4.79 Å².